The molecule has 2 heterocycles. The number of alkyl halides is 1. The highest BCUT2D eigenvalue weighted by molar-refractivity contribution is 14.1. The molecular formula is C11H11ClINO2. The molecule has 0 bridgehead atoms. The number of fused-ring (bicyclic) bond motifs is 1. The van der Waals surface area contributed by atoms with Crippen LogP contribution in [0.15, 0.2) is 12.3 Å². The van der Waals surface area contributed by atoms with Gasteiger partial charge in [-0.2, -0.15) is 0 Å². The van der Waals surface area contributed by atoms with Gasteiger partial charge in [-0.25, -0.2) is 9.78 Å². The molecule has 1 atom stereocenters. The Morgan fingerprint density at radius 1 is 1.62 bits per heavy atom. The van der Waals surface area contributed by atoms with E-state index in [1.165, 1.54) is 6.20 Å². The van der Waals surface area contributed by atoms with Crippen molar-refractivity contribution in [1.82, 2.24) is 4.98 Å². The number of ether oxygens (including phenoxy) is 1. The molecule has 3 nitrogen and oxygen atoms in total. The molecule has 0 saturated carbocycles. The Kier molecular flexibility index (Phi) is 3.39. The molecule has 0 saturated heterocycles. The van der Waals surface area contributed by atoms with Crippen LogP contribution in [0.25, 0.3) is 0 Å². The second kappa shape index (κ2) is 4.49. The van der Waals surface area contributed by atoms with Crippen LogP contribution in [0.3, 0.4) is 0 Å². The maximum atomic E-state index is 11.7. The Morgan fingerprint density at radius 2 is 2.38 bits per heavy atom. The number of hydrogen-bond acceptors (Lipinski definition) is 3. The van der Waals surface area contributed by atoms with Gasteiger partial charge in [0.1, 0.15) is 10.8 Å². The van der Waals surface area contributed by atoms with Gasteiger partial charge in [0.15, 0.2) is 0 Å². The summed E-state index contributed by atoms with van der Waals surface area (Å²) in [5, 5.41) is 0.406. The van der Waals surface area contributed by atoms with E-state index in [-0.39, 0.29) is 5.97 Å². The number of carbonyl (C=O) groups is 1. The summed E-state index contributed by atoms with van der Waals surface area (Å²) in [5.74, 6) is -0.286. The Labute approximate surface area is 113 Å². The number of nitrogens with zero attached hydrogens (tertiary/aromatic N) is 1. The highest BCUT2D eigenvalue weighted by atomic mass is 127. The SMILES string of the molecule is CCC1(CCI)OC(=O)c2cnc(Cl)cc21. The minimum atomic E-state index is -0.500. The first-order chi connectivity index (χ1) is 7.63. The minimum Gasteiger partial charge on any atom is -0.450 e. The molecule has 1 aliphatic rings. The summed E-state index contributed by atoms with van der Waals surface area (Å²) in [5.41, 5.74) is 0.938. The normalized spacial score (nSPS) is 23.1. The van der Waals surface area contributed by atoms with E-state index in [1.54, 1.807) is 6.07 Å². The van der Waals surface area contributed by atoms with E-state index < -0.39 is 5.60 Å². The number of rotatable bonds is 3. The number of hydrogen-bond donors (Lipinski definition) is 0. The number of aromatic nitrogens is 1. The molecule has 1 aromatic heterocycles. The van der Waals surface area contributed by atoms with E-state index in [9.17, 15) is 4.79 Å². The van der Waals surface area contributed by atoms with Crippen molar-refractivity contribution >= 4 is 40.2 Å². The molecule has 0 spiro atoms. The summed E-state index contributed by atoms with van der Waals surface area (Å²) in [6, 6.07) is 1.75. The molecule has 1 aromatic rings. The highest BCUT2D eigenvalue weighted by Crippen LogP contribution is 2.42. The summed E-state index contributed by atoms with van der Waals surface area (Å²) in [6.45, 7) is 2.02. The van der Waals surface area contributed by atoms with Crippen LogP contribution < -0.4 is 0 Å². The molecule has 0 N–H and O–H groups in total. The molecule has 0 fully saturated rings. The minimum absolute atomic E-state index is 0.286. The highest BCUT2D eigenvalue weighted by Gasteiger charge is 2.43. The second-order valence-electron chi connectivity index (χ2n) is 3.73. The number of halogens is 2. The molecule has 0 amide bonds. The molecule has 0 radical (unpaired) electrons. The lowest BCUT2D eigenvalue weighted by atomic mass is 9.88. The second-order valence-corrected chi connectivity index (χ2v) is 5.19. The fourth-order valence-electron chi connectivity index (χ4n) is 2.03. The third-order valence-corrected chi connectivity index (χ3v) is 3.68. The maximum absolute atomic E-state index is 11.7. The third-order valence-electron chi connectivity index (χ3n) is 2.94. The van der Waals surface area contributed by atoms with E-state index in [2.05, 4.69) is 27.6 Å². The lowest BCUT2D eigenvalue weighted by molar-refractivity contribution is -0.0116. The summed E-state index contributed by atoms with van der Waals surface area (Å²) >= 11 is 8.16. The van der Waals surface area contributed by atoms with Gasteiger partial charge in [-0.1, -0.05) is 41.1 Å². The topological polar surface area (TPSA) is 39.2 Å². The molecular weight excluding hydrogens is 340 g/mol. The first-order valence-electron chi connectivity index (χ1n) is 5.08. The van der Waals surface area contributed by atoms with Crippen LogP contribution in [-0.4, -0.2) is 15.4 Å². The van der Waals surface area contributed by atoms with Gasteiger partial charge in [0, 0.05) is 22.6 Å². The smallest absolute Gasteiger partial charge is 0.341 e. The Morgan fingerprint density at radius 3 is 3.00 bits per heavy atom. The fraction of sp³-hybridized carbons (Fsp3) is 0.455. The van der Waals surface area contributed by atoms with Crippen molar-refractivity contribution in [3.05, 3.63) is 28.5 Å². The van der Waals surface area contributed by atoms with Crippen molar-refractivity contribution in [2.24, 2.45) is 0 Å². The molecule has 2 rings (SSSR count). The van der Waals surface area contributed by atoms with E-state index in [4.69, 9.17) is 16.3 Å². The third kappa shape index (κ3) is 1.82. The predicted molar refractivity (Wildman–Crippen MR) is 70.1 cm³/mol. The number of esters is 1. The van der Waals surface area contributed by atoms with Gasteiger partial charge in [0.05, 0.1) is 5.56 Å². The number of carbonyl (C=O) groups excluding carboxylic acids is 1. The van der Waals surface area contributed by atoms with Crippen molar-refractivity contribution in [1.29, 1.82) is 0 Å². The monoisotopic (exact) mass is 351 g/mol. The molecule has 0 aliphatic carbocycles. The Bertz CT molecular complexity index is 438. The molecule has 5 heteroatoms. The van der Waals surface area contributed by atoms with Crippen LogP contribution in [0.5, 0.6) is 0 Å². The van der Waals surface area contributed by atoms with Gasteiger partial charge in [0.2, 0.25) is 0 Å². The number of cyclic esters (lactones) is 1. The van der Waals surface area contributed by atoms with Gasteiger partial charge in [0.25, 0.3) is 0 Å². The van der Waals surface area contributed by atoms with Crippen molar-refractivity contribution in [3.63, 3.8) is 0 Å². The largest absolute Gasteiger partial charge is 0.450 e. The van der Waals surface area contributed by atoms with Gasteiger partial charge >= 0.3 is 5.97 Å². The summed E-state index contributed by atoms with van der Waals surface area (Å²) in [6.07, 6.45) is 3.07. The maximum Gasteiger partial charge on any atom is 0.341 e. The molecule has 86 valence electrons. The standard InChI is InChI=1S/C11H11ClINO2/c1-2-11(3-4-13)8-5-9(12)14-6-7(8)10(15)16-11/h5-6H,2-4H2,1H3. The van der Waals surface area contributed by atoms with Crippen LogP contribution in [0, 0.1) is 0 Å². The van der Waals surface area contributed by atoms with Gasteiger partial charge in [-0.3, -0.25) is 0 Å². The lowest BCUT2D eigenvalue weighted by Crippen LogP contribution is -2.25. The van der Waals surface area contributed by atoms with E-state index in [1.807, 2.05) is 6.92 Å². The van der Waals surface area contributed by atoms with Crippen molar-refractivity contribution in [3.8, 4) is 0 Å². The van der Waals surface area contributed by atoms with E-state index >= 15 is 0 Å². The molecule has 1 unspecified atom stereocenters. The average Bonchev–Trinajstić information content (AvgIpc) is 2.53. The van der Waals surface area contributed by atoms with Gasteiger partial charge in [-0.15, -0.1) is 0 Å². The van der Waals surface area contributed by atoms with Crippen LogP contribution >= 0.6 is 34.2 Å². The molecule has 16 heavy (non-hydrogen) atoms. The fourth-order valence-corrected chi connectivity index (χ4v) is 3.06. The zero-order valence-corrected chi connectivity index (χ0v) is 11.7. The summed E-state index contributed by atoms with van der Waals surface area (Å²) in [7, 11) is 0. The zero-order valence-electron chi connectivity index (χ0n) is 8.80. The first kappa shape index (κ1) is 12.1. The average molecular weight is 352 g/mol. The zero-order chi connectivity index (χ0) is 11.8. The first-order valence-corrected chi connectivity index (χ1v) is 6.98. The van der Waals surface area contributed by atoms with Crippen LogP contribution in [-0.2, 0) is 10.3 Å². The van der Waals surface area contributed by atoms with Crippen molar-refractivity contribution < 1.29 is 9.53 Å². The lowest BCUT2D eigenvalue weighted by Gasteiger charge is -2.26. The molecule has 0 aromatic carbocycles. The van der Waals surface area contributed by atoms with E-state index in [0.29, 0.717) is 10.7 Å². The Balaban J connectivity index is 2.54. The van der Waals surface area contributed by atoms with E-state index in [0.717, 1.165) is 22.8 Å². The number of pyridine rings is 1. The summed E-state index contributed by atoms with van der Waals surface area (Å²) in [4.78, 5) is 15.6. The summed E-state index contributed by atoms with van der Waals surface area (Å²) < 4.78 is 6.45. The van der Waals surface area contributed by atoms with Gasteiger partial charge < -0.3 is 4.74 Å². The van der Waals surface area contributed by atoms with Crippen LogP contribution in [0.4, 0.5) is 0 Å². The predicted octanol–water partition coefficient (Wildman–Crippen LogP) is 3.34. The van der Waals surface area contributed by atoms with Crippen LogP contribution in [0.2, 0.25) is 5.15 Å². The van der Waals surface area contributed by atoms with Crippen molar-refractivity contribution in [2.45, 2.75) is 25.4 Å². The molecule has 1 aliphatic heterocycles. The van der Waals surface area contributed by atoms with Crippen molar-refractivity contribution in [2.75, 3.05) is 4.43 Å². The quantitative estimate of drug-likeness (QED) is 0.363. The van der Waals surface area contributed by atoms with Gasteiger partial charge in [-0.05, 0) is 12.5 Å². The Hall–Kier alpha value is -0.360. The van der Waals surface area contributed by atoms with Crippen LogP contribution in [0.1, 0.15) is 35.7 Å².